The number of hydrogen-bond donors (Lipinski definition) is 2. The fraction of sp³-hybridized carbons (Fsp3) is 0.176. The number of nitrogens with zero attached hydrogens (tertiary/aromatic N) is 1. The van der Waals surface area contributed by atoms with Crippen molar-refractivity contribution in [2.24, 2.45) is 0 Å². The summed E-state index contributed by atoms with van der Waals surface area (Å²) in [6.07, 6.45) is 0. The average Bonchev–Trinajstić information content (AvgIpc) is 2.56. The lowest BCUT2D eigenvalue weighted by Gasteiger charge is -2.15. The van der Waals surface area contributed by atoms with Crippen molar-refractivity contribution in [2.75, 3.05) is 17.7 Å². The molecule has 112 valence electrons. The summed E-state index contributed by atoms with van der Waals surface area (Å²) >= 11 is 0. The van der Waals surface area contributed by atoms with Crippen LogP contribution < -0.4 is 15.4 Å². The van der Waals surface area contributed by atoms with Crippen LogP contribution in [-0.2, 0) is 4.79 Å². The summed E-state index contributed by atoms with van der Waals surface area (Å²) in [6.45, 7) is 1.78. The summed E-state index contributed by atoms with van der Waals surface area (Å²) in [5, 5.41) is 14.7. The normalized spacial score (nSPS) is 11.1. The summed E-state index contributed by atoms with van der Waals surface area (Å²) in [5.41, 5.74) is 2.05. The van der Waals surface area contributed by atoms with E-state index in [0.29, 0.717) is 11.3 Å². The SMILES string of the molecule is COc1ccc(NC(C)C(=O)Nc2ccc(C#N)cc2)cc1. The summed E-state index contributed by atoms with van der Waals surface area (Å²) in [7, 11) is 1.61. The van der Waals surface area contributed by atoms with Gasteiger partial charge in [0.05, 0.1) is 18.7 Å². The Morgan fingerprint density at radius 2 is 1.68 bits per heavy atom. The highest BCUT2D eigenvalue weighted by Crippen LogP contribution is 2.16. The van der Waals surface area contributed by atoms with Gasteiger partial charge in [0.1, 0.15) is 11.8 Å². The quantitative estimate of drug-likeness (QED) is 0.889. The van der Waals surface area contributed by atoms with E-state index in [2.05, 4.69) is 10.6 Å². The number of benzene rings is 2. The highest BCUT2D eigenvalue weighted by molar-refractivity contribution is 5.96. The van der Waals surface area contributed by atoms with E-state index in [-0.39, 0.29) is 5.91 Å². The molecule has 0 aliphatic heterocycles. The molecular weight excluding hydrogens is 278 g/mol. The number of carbonyl (C=O) groups excluding carboxylic acids is 1. The molecule has 2 N–H and O–H groups in total. The van der Waals surface area contributed by atoms with Crippen molar-refractivity contribution in [1.29, 1.82) is 5.26 Å². The second-order valence-corrected chi connectivity index (χ2v) is 4.77. The minimum absolute atomic E-state index is 0.152. The second-order valence-electron chi connectivity index (χ2n) is 4.77. The van der Waals surface area contributed by atoms with E-state index < -0.39 is 6.04 Å². The van der Waals surface area contributed by atoms with Crippen LogP contribution in [0.2, 0.25) is 0 Å². The second kappa shape index (κ2) is 7.14. The Labute approximate surface area is 129 Å². The zero-order valence-corrected chi connectivity index (χ0v) is 12.5. The first-order valence-electron chi connectivity index (χ1n) is 6.84. The maximum absolute atomic E-state index is 12.1. The molecule has 1 atom stereocenters. The van der Waals surface area contributed by atoms with Crippen LogP contribution in [0.5, 0.6) is 5.75 Å². The van der Waals surface area contributed by atoms with Crippen LogP contribution in [0.1, 0.15) is 12.5 Å². The molecule has 1 amide bonds. The Bertz CT molecular complexity index is 673. The van der Waals surface area contributed by atoms with Gasteiger partial charge in [-0.2, -0.15) is 5.26 Å². The molecule has 1 unspecified atom stereocenters. The molecule has 0 heterocycles. The zero-order valence-electron chi connectivity index (χ0n) is 12.5. The lowest BCUT2D eigenvalue weighted by molar-refractivity contribution is -0.116. The Hall–Kier alpha value is -3.00. The molecule has 0 spiro atoms. The molecule has 0 aromatic heterocycles. The van der Waals surface area contributed by atoms with Crippen molar-refractivity contribution < 1.29 is 9.53 Å². The molecular formula is C17H17N3O2. The average molecular weight is 295 g/mol. The maximum atomic E-state index is 12.1. The summed E-state index contributed by atoms with van der Waals surface area (Å²) < 4.78 is 5.09. The molecule has 5 nitrogen and oxygen atoms in total. The number of nitriles is 1. The topological polar surface area (TPSA) is 74.2 Å². The summed E-state index contributed by atoms with van der Waals surface area (Å²) in [4.78, 5) is 12.1. The van der Waals surface area contributed by atoms with Crippen molar-refractivity contribution in [2.45, 2.75) is 13.0 Å². The van der Waals surface area contributed by atoms with Crippen LogP contribution in [0.3, 0.4) is 0 Å². The Morgan fingerprint density at radius 3 is 2.23 bits per heavy atom. The Kier molecular flexibility index (Phi) is 4.99. The molecule has 0 fully saturated rings. The lowest BCUT2D eigenvalue weighted by Crippen LogP contribution is -2.31. The van der Waals surface area contributed by atoms with Crippen molar-refractivity contribution in [3.05, 3.63) is 54.1 Å². The third-order valence-electron chi connectivity index (χ3n) is 3.15. The Morgan fingerprint density at radius 1 is 1.09 bits per heavy atom. The standard InChI is InChI=1S/C17H17N3O2/c1-12(19-14-7-9-16(22-2)10-8-14)17(21)20-15-5-3-13(11-18)4-6-15/h3-10,12,19H,1-2H3,(H,20,21). The number of nitrogens with one attached hydrogen (secondary N) is 2. The van der Waals surface area contributed by atoms with Gasteiger partial charge in [0.25, 0.3) is 0 Å². The van der Waals surface area contributed by atoms with Crippen LogP contribution in [0.4, 0.5) is 11.4 Å². The minimum atomic E-state index is -0.399. The molecule has 0 radical (unpaired) electrons. The number of amides is 1. The number of anilines is 2. The van der Waals surface area contributed by atoms with Gasteiger partial charge in [-0.1, -0.05) is 0 Å². The molecule has 2 aromatic carbocycles. The number of ether oxygens (including phenoxy) is 1. The van der Waals surface area contributed by atoms with E-state index in [1.165, 1.54) is 0 Å². The largest absolute Gasteiger partial charge is 0.497 e. The predicted octanol–water partition coefficient (Wildman–Crippen LogP) is 3.01. The lowest BCUT2D eigenvalue weighted by atomic mass is 10.2. The van der Waals surface area contributed by atoms with Gasteiger partial charge in [0.2, 0.25) is 5.91 Å². The molecule has 0 aliphatic rings. The van der Waals surface area contributed by atoms with Crippen molar-refractivity contribution in [3.8, 4) is 11.8 Å². The van der Waals surface area contributed by atoms with Crippen molar-refractivity contribution in [1.82, 2.24) is 0 Å². The summed E-state index contributed by atoms with van der Waals surface area (Å²) in [6, 6.07) is 15.7. The van der Waals surface area contributed by atoms with Gasteiger partial charge < -0.3 is 15.4 Å². The van der Waals surface area contributed by atoms with Gasteiger partial charge in [-0.25, -0.2) is 0 Å². The van der Waals surface area contributed by atoms with Gasteiger partial charge in [-0.05, 0) is 55.5 Å². The van der Waals surface area contributed by atoms with E-state index in [9.17, 15) is 4.79 Å². The predicted molar refractivity (Wildman–Crippen MR) is 85.9 cm³/mol. The van der Waals surface area contributed by atoms with Crippen LogP contribution >= 0.6 is 0 Å². The number of carbonyl (C=O) groups is 1. The van der Waals surface area contributed by atoms with Gasteiger partial charge >= 0.3 is 0 Å². The highest BCUT2D eigenvalue weighted by Gasteiger charge is 2.12. The maximum Gasteiger partial charge on any atom is 0.246 e. The fourth-order valence-corrected chi connectivity index (χ4v) is 1.88. The third kappa shape index (κ3) is 4.00. The van der Waals surface area contributed by atoms with E-state index in [1.807, 2.05) is 30.3 Å². The molecule has 22 heavy (non-hydrogen) atoms. The van der Waals surface area contributed by atoms with Crippen LogP contribution in [-0.4, -0.2) is 19.1 Å². The first-order valence-corrected chi connectivity index (χ1v) is 6.84. The van der Waals surface area contributed by atoms with Crippen LogP contribution in [0.25, 0.3) is 0 Å². The monoisotopic (exact) mass is 295 g/mol. The summed E-state index contributed by atoms with van der Waals surface area (Å²) in [5.74, 6) is 0.612. The molecule has 0 bridgehead atoms. The third-order valence-corrected chi connectivity index (χ3v) is 3.15. The van der Waals surface area contributed by atoms with E-state index >= 15 is 0 Å². The fourth-order valence-electron chi connectivity index (χ4n) is 1.88. The molecule has 0 saturated heterocycles. The van der Waals surface area contributed by atoms with Crippen molar-refractivity contribution in [3.63, 3.8) is 0 Å². The molecule has 5 heteroatoms. The van der Waals surface area contributed by atoms with Crippen molar-refractivity contribution >= 4 is 17.3 Å². The minimum Gasteiger partial charge on any atom is -0.497 e. The Balaban J connectivity index is 1.94. The van der Waals surface area contributed by atoms with E-state index in [4.69, 9.17) is 10.00 Å². The van der Waals surface area contributed by atoms with Gasteiger partial charge in [0.15, 0.2) is 0 Å². The molecule has 2 aromatic rings. The van der Waals surface area contributed by atoms with Crippen LogP contribution in [0, 0.1) is 11.3 Å². The van der Waals surface area contributed by atoms with E-state index in [1.54, 1.807) is 38.3 Å². The zero-order chi connectivity index (χ0) is 15.9. The number of methoxy groups -OCH3 is 1. The highest BCUT2D eigenvalue weighted by atomic mass is 16.5. The van der Waals surface area contributed by atoms with Gasteiger partial charge in [-0.3, -0.25) is 4.79 Å². The van der Waals surface area contributed by atoms with Crippen LogP contribution in [0.15, 0.2) is 48.5 Å². The number of rotatable bonds is 5. The smallest absolute Gasteiger partial charge is 0.246 e. The van der Waals surface area contributed by atoms with Gasteiger partial charge in [0, 0.05) is 11.4 Å². The molecule has 0 saturated carbocycles. The molecule has 0 aliphatic carbocycles. The first-order chi connectivity index (χ1) is 10.6. The first kappa shape index (κ1) is 15.4. The van der Waals surface area contributed by atoms with E-state index in [0.717, 1.165) is 11.4 Å². The van der Waals surface area contributed by atoms with Gasteiger partial charge in [-0.15, -0.1) is 0 Å². The number of hydrogen-bond acceptors (Lipinski definition) is 4. The molecule has 2 rings (SSSR count).